The van der Waals surface area contributed by atoms with Gasteiger partial charge in [0.15, 0.2) is 0 Å². The molecule has 3 nitrogen and oxygen atoms in total. The van der Waals surface area contributed by atoms with Crippen LogP contribution in [0.5, 0.6) is 0 Å². The van der Waals surface area contributed by atoms with Crippen molar-refractivity contribution in [2.45, 2.75) is 82.5 Å². The zero-order chi connectivity index (χ0) is 14.2. The van der Waals surface area contributed by atoms with Crippen LogP contribution in [0.15, 0.2) is 0 Å². The van der Waals surface area contributed by atoms with Crippen LogP contribution < -0.4 is 5.32 Å². The van der Waals surface area contributed by atoms with Gasteiger partial charge in [0.1, 0.15) is 0 Å². The maximum atomic E-state index is 3.88. The quantitative estimate of drug-likeness (QED) is 0.862. The molecule has 0 amide bonds. The average molecular weight is 291 g/mol. The van der Waals surface area contributed by atoms with Crippen molar-refractivity contribution >= 4 is 0 Å². The molecule has 0 aromatic rings. The van der Waals surface area contributed by atoms with E-state index < -0.39 is 0 Å². The second-order valence-electron chi connectivity index (χ2n) is 8.13. The molecule has 2 saturated heterocycles. The minimum Gasteiger partial charge on any atom is -0.311 e. The maximum absolute atomic E-state index is 3.88. The predicted octanol–water partition coefficient (Wildman–Crippen LogP) is 2.47. The van der Waals surface area contributed by atoms with E-state index in [4.69, 9.17) is 0 Å². The van der Waals surface area contributed by atoms with Crippen molar-refractivity contribution in [1.82, 2.24) is 15.1 Å². The van der Waals surface area contributed by atoms with Crippen molar-refractivity contribution in [3.05, 3.63) is 0 Å². The molecule has 2 aliphatic carbocycles. The van der Waals surface area contributed by atoms with Gasteiger partial charge >= 0.3 is 0 Å². The highest BCUT2D eigenvalue weighted by molar-refractivity contribution is 4.97. The Labute approximate surface area is 130 Å². The summed E-state index contributed by atoms with van der Waals surface area (Å²) < 4.78 is 0. The Kier molecular flexibility index (Phi) is 4.25. The minimum absolute atomic E-state index is 0.731. The van der Waals surface area contributed by atoms with Gasteiger partial charge in [-0.25, -0.2) is 0 Å². The highest BCUT2D eigenvalue weighted by atomic mass is 15.3. The highest BCUT2D eigenvalue weighted by Crippen LogP contribution is 2.33. The summed E-state index contributed by atoms with van der Waals surface area (Å²) >= 11 is 0. The fraction of sp³-hybridized carbons (Fsp3) is 1.00. The van der Waals surface area contributed by atoms with Crippen molar-refractivity contribution in [3.63, 3.8) is 0 Å². The molecule has 21 heavy (non-hydrogen) atoms. The molecular formula is C18H33N3. The van der Waals surface area contributed by atoms with Gasteiger partial charge in [-0.05, 0) is 44.9 Å². The van der Waals surface area contributed by atoms with Crippen molar-refractivity contribution in [1.29, 1.82) is 0 Å². The average Bonchev–Trinajstić information content (AvgIpc) is 3.27. The normalized spacial score (nSPS) is 40.7. The van der Waals surface area contributed by atoms with Crippen LogP contribution in [0.25, 0.3) is 0 Å². The molecule has 120 valence electrons. The molecule has 0 spiro atoms. The standard InChI is InChI=1S/C18H33N3/c1-14-11-19-18(15-5-3-2-4-6-15)13-21(14)17-9-10-20(12-17)16-7-8-16/h14-19H,2-13H2,1H3. The summed E-state index contributed by atoms with van der Waals surface area (Å²) in [5.74, 6) is 0.953. The third-order valence-electron chi connectivity index (χ3n) is 6.60. The van der Waals surface area contributed by atoms with E-state index in [0.717, 1.165) is 30.1 Å². The van der Waals surface area contributed by atoms with Gasteiger partial charge in [0.25, 0.3) is 0 Å². The second-order valence-corrected chi connectivity index (χ2v) is 8.13. The Hall–Kier alpha value is -0.120. The van der Waals surface area contributed by atoms with Gasteiger partial charge in [0.05, 0.1) is 0 Å². The molecule has 1 N–H and O–H groups in total. The molecule has 4 aliphatic rings. The van der Waals surface area contributed by atoms with Crippen LogP contribution in [0.4, 0.5) is 0 Å². The van der Waals surface area contributed by atoms with Gasteiger partial charge in [-0.3, -0.25) is 9.80 Å². The number of nitrogens with zero attached hydrogens (tertiary/aromatic N) is 2. The molecule has 3 atom stereocenters. The SMILES string of the molecule is CC1CNC(C2CCCCC2)CN1C1CCN(C2CC2)C1. The number of piperazine rings is 1. The molecule has 2 aliphatic heterocycles. The topological polar surface area (TPSA) is 18.5 Å². The maximum Gasteiger partial charge on any atom is 0.0239 e. The largest absolute Gasteiger partial charge is 0.311 e. The van der Waals surface area contributed by atoms with Gasteiger partial charge in [0, 0.05) is 50.3 Å². The summed E-state index contributed by atoms with van der Waals surface area (Å²) in [5.41, 5.74) is 0. The Morgan fingerprint density at radius 3 is 2.43 bits per heavy atom. The van der Waals surface area contributed by atoms with Gasteiger partial charge in [0.2, 0.25) is 0 Å². The van der Waals surface area contributed by atoms with Crippen molar-refractivity contribution in [2.24, 2.45) is 5.92 Å². The monoisotopic (exact) mass is 291 g/mol. The van der Waals surface area contributed by atoms with Crippen molar-refractivity contribution < 1.29 is 0 Å². The molecule has 3 unspecified atom stereocenters. The van der Waals surface area contributed by atoms with Crippen LogP contribution in [0.1, 0.15) is 58.3 Å². The summed E-state index contributed by atoms with van der Waals surface area (Å²) in [7, 11) is 0. The highest BCUT2D eigenvalue weighted by Gasteiger charge is 2.40. The van der Waals surface area contributed by atoms with Crippen LogP contribution in [0.2, 0.25) is 0 Å². The van der Waals surface area contributed by atoms with E-state index in [-0.39, 0.29) is 0 Å². The fourth-order valence-electron chi connectivity index (χ4n) is 5.08. The molecule has 0 aromatic heterocycles. The van der Waals surface area contributed by atoms with Crippen molar-refractivity contribution in [3.8, 4) is 0 Å². The van der Waals surface area contributed by atoms with Crippen LogP contribution in [0.3, 0.4) is 0 Å². The Balaban J connectivity index is 1.36. The lowest BCUT2D eigenvalue weighted by Gasteiger charge is -2.45. The van der Waals surface area contributed by atoms with E-state index in [1.807, 2.05) is 0 Å². The summed E-state index contributed by atoms with van der Waals surface area (Å²) in [4.78, 5) is 5.65. The van der Waals surface area contributed by atoms with E-state index >= 15 is 0 Å². The van der Waals surface area contributed by atoms with Crippen LogP contribution >= 0.6 is 0 Å². The lowest BCUT2D eigenvalue weighted by Crippen LogP contribution is -2.61. The summed E-state index contributed by atoms with van der Waals surface area (Å²) in [5, 5.41) is 3.88. The van der Waals surface area contributed by atoms with Gasteiger partial charge in [-0.1, -0.05) is 19.3 Å². The van der Waals surface area contributed by atoms with Gasteiger partial charge in [-0.2, -0.15) is 0 Å². The zero-order valence-corrected chi connectivity index (χ0v) is 13.8. The molecule has 2 heterocycles. The second kappa shape index (κ2) is 6.17. The first-order valence-electron chi connectivity index (χ1n) is 9.54. The van der Waals surface area contributed by atoms with Crippen LogP contribution in [-0.2, 0) is 0 Å². The minimum atomic E-state index is 0.731. The molecular weight excluding hydrogens is 258 g/mol. The molecule has 0 radical (unpaired) electrons. The first-order chi connectivity index (χ1) is 10.3. The number of hydrogen-bond acceptors (Lipinski definition) is 3. The molecule has 4 fully saturated rings. The molecule has 3 heteroatoms. The molecule has 0 aromatic carbocycles. The van der Waals surface area contributed by atoms with Crippen LogP contribution in [-0.4, -0.2) is 60.1 Å². The third-order valence-corrected chi connectivity index (χ3v) is 6.60. The van der Waals surface area contributed by atoms with E-state index in [1.165, 1.54) is 77.5 Å². The van der Waals surface area contributed by atoms with Gasteiger partial charge in [-0.15, -0.1) is 0 Å². The predicted molar refractivity (Wildman–Crippen MR) is 87.5 cm³/mol. The first-order valence-corrected chi connectivity index (χ1v) is 9.54. The lowest BCUT2D eigenvalue weighted by atomic mass is 9.82. The van der Waals surface area contributed by atoms with E-state index in [0.29, 0.717) is 0 Å². The Morgan fingerprint density at radius 2 is 1.67 bits per heavy atom. The van der Waals surface area contributed by atoms with E-state index in [1.54, 1.807) is 0 Å². The van der Waals surface area contributed by atoms with Crippen molar-refractivity contribution in [2.75, 3.05) is 26.2 Å². The van der Waals surface area contributed by atoms with Crippen LogP contribution in [0, 0.1) is 5.92 Å². The Morgan fingerprint density at radius 1 is 0.857 bits per heavy atom. The van der Waals surface area contributed by atoms with E-state index in [9.17, 15) is 0 Å². The van der Waals surface area contributed by atoms with Gasteiger partial charge < -0.3 is 5.32 Å². The molecule has 4 rings (SSSR count). The molecule has 2 saturated carbocycles. The summed E-state index contributed by atoms with van der Waals surface area (Å²) in [6.07, 6.45) is 11.7. The van der Waals surface area contributed by atoms with E-state index in [2.05, 4.69) is 22.0 Å². The lowest BCUT2D eigenvalue weighted by molar-refractivity contribution is 0.0677. The smallest absolute Gasteiger partial charge is 0.0239 e. The zero-order valence-electron chi connectivity index (χ0n) is 13.8. The third kappa shape index (κ3) is 3.16. The first kappa shape index (κ1) is 14.5. The number of hydrogen-bond donors (Lipinski definition) is 1. The summed E-state index contributed by atoms with van der Waals surface area (Å²) in [6, 6.07) is 3.31. The number of nitrogens with one attached hydrogen (secondary N) is 1. The molecule has 0 bridgehead atoms. The summed E-state index contributed by atoms with van der Waals surface area (Å²) in [6.45, 7) is 7.67. The Bertz CT molecular complexity index is 348. The number of likely N-dealkylation sites (tertiary alicyclic amines) is 1. The fourth-order valence-corrected chi connectivity index (χ4v) is 5.08. The number of rotatable bonds is 3.